The van der Waals surface area contributed by atoms with Gasteiger partial charge in [-0.3, -0.25) is 4.79 Å². The van der Waals surface area contributed by atoms with Crippen LogP contribution in [0.4, 0.5) is 10.2 Å². The van der Waals surface area contributed by atoms with Crippen molar-refractivity contribution in [2.45, 2.75) is 163 Å². The molecule has 0 amide bonds. The van der Waals surface area contributed by atoms with E-state index in [-0.39, 0.29) is 30.7 Å². The molecule has 1 saturated carbocycles. The van der Waals surface area contributed by atoms with Crippen LogP contribution in [0.2, 0.25) is 0 Å². The van der Waals surface area contributed by atoms with Crippen molar-refractivity contribution >= 4 is 34.7 Å². The third kappa shape index (κ3) is 13.6. The van der Waals surface area contributed by atoms with Gasteiger partial charge in [-0.15, -0.1) is 0 Å². The van der Waals surface area contributed by atoms with Crippen molar-refractivity contribution in [2.75, 3.05) is 38.4 Å². The lowest BCUT2D eigenvalue weighted by molar-refractivity contribution is -0.192. The fourth-order valence-corrected chi connectivity index (χ4v) is 9.07. The quantitative estimate of drug-likeness (QED) is 0.0888. The van der Waals surface area contributed by atoms with E-state index in [2.05, 4.69) is 29.6 Å². The lowest BCUT2D eigenvalue weighted by Crippen LogP contribution is -2.31. The molecule has 2 aromatic carbocycles. The van der Waals surface area contributed by atoms with Crippen LogP contribution in [-0.2, 0) is 36.8 Å². The van der Waals surface area contributed by atoms with Crippen molar-refractivity contribution in [3.63, 3.8) is 0 Å². The normalized spacial score (nSPS) is 20.0. The summed E-state index contributed by atoms with van der Waals surface area (Å²) < 4.78 is 52.3. The Bertz CT molecular complexity index is 2330. The highest BCUT2D eigenvalue weighted by Crippen LogP contribution is 2.49. The molecule has 4 fully saturated rings. The molecule has 8 rings (SSSR count). The van der Waals surface area contributed by atoms with Crippen LogP contribution in [-0.4, -0.2) is 88.2 Å². The summed E-state index contributed by atoms with van der Waals surface area (Å²) in [4.78, 5) is 35.3. The molecular weight excluding hydrogens is 870 g/mol. The molecule has 3 saturated heterocycles. The number of benzene rings is 2. The molecule has 372 valence electrons. The molecule has 15 heteroatoms. The summed E-state index contributed by atoms with van der Waals surface area (Å²) in [6, 6.07) is 10.3. The number of carbonyl (C=O) groups excluding carboxylic acids is 2. The number of allylic oxidation sites excluding steroid dienone is 1. The Morgan fingerprint density at radius 1 is 1.03 bits per heavy atom. The van der Waals surface area contributed by atoms with Crippen LogP contribution in [0, 0.1) is 11.8 Å². The molecule has 4 aromatic rings. The van der Waals surface area contributed by atoms with Crippen LogP contribution < -0.4 is 14.4 Å². The second-order valence-electron chi connectivity index (χ2n) is 19.0. The number of hydrogen-bond acceptors (Lipinski definition) is 13. The van der Waals surface area contributed by atoms with E-state index in [1.54, 1.807) is 18.2 Å². The molecule has 5 heterocycles. The summed E-state index contributed by atoms with van der Waals surface area (Å²) in [6.07, 6.45) is 12.3. The van der Waals surface area contributed by atoms with Gasteiger partial charge >= 0.3 is 17.9 Å². The Labute approximate surface area is 401 Å². The van der Waals surface area contributed by atoms with Crippen molar-refractivity contribution in [1.82, 2.24) is 19.7 Å². The molecule has 14 nitrogen and oxygen atoms in total. The lowest BCUT2D eigenvalue weighted by Gasteiger charge is -2.29. The van der Waals surface area contributed by atoms with Gasteiger partial charge in [0.05, 0.1) is 37.8 Å². The van der Waals surface area contributed by atoms with Gasteiger partial charge in [0, 0.05) is 81.7 Å². The van der Waals surface area contributed by atoms with Crippen molar-refractivity contribution in [2.24, 2.45) is 11.8 Å². The van der Waals surface area contributed by atoms with E-state index < -0.39 is 17.7 Å². The van der Waals surface area contributed by atoms with E-state index in [1.165, 1.54) is 33.4 Å². The molecule has 68 heavy (non-hydrogen) atoms. The SMILES string of the molecule is CC.CC(=O)OC(C)(C)O.CC[C@@H]1C[C@H](C)CN1c1nc(OC2CCOCC2)nc2c(OCc3ccc(C(=O)OC)cc3)c(Cc3cnn(C4CCCCO4)c3/C=C(/F)C(C)C)c(C3CC3)cc12. The lowest BCUT2D eigenvalue weighted by atomic mass is 9.93. The molecule has 3 atom stereocenters. The van der Waals surface area contributed by atoms with Gasteiger partial charge in [0.1, 0.15) is 35.6 Å². The largest absolute Gasteiger partial charge is 0.486 e. The first-order chi connectivity index (χ1) is 32.6. The number of aromatic nitrogens is 4. The first-order valence-electron chi connectivity index (χ1n) is 24.8. The number of carbonyl (C=O) groups is 2. The smallest absolute Gasteiger partial charge is 0.337 e. The van der Waals surface area contributed by atoms with Gasteiger partial charge in [0.15, 0.2) is 6.23 Å². The molecule has 4 aliphatic rings. The first-order valence-corrected chi connectivity index (χ1v) is 24.8. The van der Waals surface area contributed by atoms with Crippen LogP contribution in [0.15, 0.2) is 42.4 Å². The molecule has 1 aliphatic carbocycles. The van der Waals surface area contributed by atoms with Gasteiger partial charge in [-0.05, 0) is 92.2 Å². The molecular formula is C53H74FN5O9. The number of ether oxygens (including phenoxy) is 6. The minimum Gasteiger partial charge on any atom is -0.486 e. The fourth-order valence-electron chi connectivity index (χ4n) is 9.07. The molecule has 0 spiro atoms. The van der Waals surface area contributed by atoms with E-state index in [0.29, 0.717) is 72.7 Å². The third-order valence-electron chi connectivity index (χ3n) is 12.6. The van der Waals surface area contributed by atoms with E-state index in [9.17, 15) is 9.59 Å². The Kier molecular flexibility index (Phi) is 18.4. The van der Waals surface area contributed by atoms with Crippen LogP contribution in [0.5, 0.6) is 11.8 Å². The van der Waals surface area contributed by atoms with Crippen molar-refractivity contribution < 1.29 is 47.5 Å². The van der Waals surface area contributed by atoms with E-state index in [0.717, 1.165) is 92.2 Å². The van der Waals surface area contributed by atoms with Crippen LogP contribution in [0.3, 0.4) is 0 Å². The maximum atomic E-state index is 15.7. The van der Waals surface area contributed by atoms with E-state index in [4.69, 9.17) is 43.9 Å². The summed E-state index contributed by atoms with van der Waals surface area (Å²) in [5, 5.41) is 14.6. The van der Waals surface area contributed by atoms with Gasteiger partial charge in [-0.2, -0.15) is 15.1 Å². The Morgan fingerprint density at radius 2 is 1.75 bits per heavy atom. The topological polar surface area (TPSA) is 157 Å². The minimum atomic E-state index is -1.33. The number of aliphatic hydroxyl groups is 1. The van der Waals surface area contributed by atoms with Gasteiger partial charge in [0.2, 0.25) is 5.79 Å². The summed E-state index contributed by atoms with van der Waals surface area (Å²) in [7, 11) is 1.38. The monoisotopic (exact) mass is 944 g/mol. The molecule has 1 N–H and O–H groups in total. The minimum absolute atomic E-state index is 0.0560. The third-order valence-corrected chi connectivity index (χ3v) is 12.6. The molecule has 0 radical (unpaired) electrons. The number of nitrogens with zero attached hydrogens (tertiary/aromatic N) is 5. The van der Waals surface area contributed by atoms with Crippen LogP contribution >= 0.6 is 0 Å². The second-order valence-corrected chi connectivity index (χ2v) is 19.0. The first kappa shape index (κ1) is 52.3. The standard InChI is InChI=1S/C46H58FN5O6.C5H10O3.C2H6/c1-6-34-21-29(4)26-51(34)44-38-23-36(31-14-15-31)37(22-33-25-48-52(41-9-7-8-18-56-41)40(33)24-39(47)28(2)3)43(57-27-30-10-12-32(13-11-30)45(53)54-5)42(38)49-46(50-44)58-35-16-19-55-20-17-35;1-4(6)8-5(2,3)7;1-2/h10-13,23-25,28-29,31,34-35,41H,6-9,14-22,26-27H2,1-5H3;7H,1-3H3;1-2H3/b39-24+;;/t29-,34+,41?;;/m0../s1. The zero-order valence-corrected chi connectivity index (χ0v) is 41.9. The summed E-state index contributed by atoms with van der Waals surface area (Å²) in [5.41, 5.74) is 5.88. The number of esters is 2. The highest BCUT2D eigenvalue weighted by Gasteiger charge is 2.36. The van der Waals surface area contributed by atoms with Crippen molar-refractivity contribution in [3.05, 3.63) is 75.9 Å². The average molecular weight is 944 g/mol. The number of hydrogen-bond donors (Lipinski definition) is 1. The number of rotatable bonds is 15. The Hall–Kier alpha value is -5.12. The highest BCUT2D eigenvalue weighted by molar-refractivity contribution is 5.96. The predicted molar refractivity (Wildman–Crippen MR) is 261 cm³/mol. The fraction of sp³-hybridized carbons (Fsp3) is 0.604. The maximum absolute atomic E-state index is 15.7. The molecule has 1 unspecified atom stereocenters. The highest BCUT2D eigenvalue weighted by atomic mass is 19.1. The Morgan fingerprint density at radius 3 is 2.34 bits per heavy atom. The summed E-state index contributed by atoms with van der Waals surface area (Å²) in [5.74, 6) is -0.267. The van der Waals surface area contributed by atoms with E-state index in [1.807, 2.05) is 50.7 Å². The van der Waals surface area contributed by atoms with Crippen LogP contribution in [0.25, 0.3) is 17.0 Å². The van der Waals surface area contributed by atoms with Crippen molar-refractivity contribution in [3.8, 4) is 11.8 Å². The zero-order valence-electron chi connectivity index (χ0n) is 41.9. The summed E-state index contributed by atoms with van der Waals surface area (Å²) in [6.45, 7) is 19.4. The number of methoxy groups -OCH3 is 1. The summed E-state index contributed by atoms with van der Waals surface area (Å²) >= 11 is 0. The predicted octanol–water partition coefficient (Wildman–Crippen LogP) is 10.8. The van der Waals surface area contributed by atoms with Gasteiger partial charge < -0.3 is 38.4 Å². The van der Waals surface area contributed by atoms with Gasteiger partial charge in [-0.1, -0.05) is 53.7 Å². The van der Waals surface area contributed by atoms with E-state index >= 15 is 4.39 Å². The van der Waals surface area contributed by atoms with Crippen LogP contribution in [0.1, 0.15) is 171 Å². The molecule has 3 aliphatic heterocycles. The zero-order chi connectivity index (χ0) is 49.1. The molecule has 2 aromatic heterocycles. The molecule has 0 bridgehead atoms. The van der Waals surface area contributed by atoms with Gasteiger partial charge in [0.25, 0.3) is 0 Å². The van der Waals surface area contributed by atoms with Gasteiger partial charge in [-0.25, -0.2) is 13.9 Å². The Balaban J connectivity index is 0.000000692. The van der Waals surface area contributed by atoms with Crippen molar-refractivity contribution in [1.29, 1.82) is 0 Å². The number of anilines is 1. The number of fused-ring (bicyclic) bond motifs is 1. The second kappa shape index (κ2) is 23.9. The number of halogens is 1. The average Bonchev–Trinajstić information content (AvgIpc) is 3.99. The maximum Gasteiger partial charge on any atom is 0.337 e.